The first-order valence-corrected chi connectivity index (χ1v) is 14.8. The number of ether oxygens (including phenoxy) is 3. The van der Waals surface area contributed by atoms with Crippen LogP contribution < -0.4 is 5.32 Å². The Kier molecular flexibility index (Phi) is 9.09. The molecule has 3 aromatic carbocycles. The zero-order valence-electron chi connectivity index (χ0n) is 22.2. The lowest BCUT2D eigenvalue weighted by Crippen LogP contribution is -2.41. The predicted molar refractivity (Wildman–Crippen MR) is 162 cm³/mol. The minimum Gasteiger partial charge on any atom is -0.376 e. The number of hydrogen-bond acceptors (Lipinski definition) is 8. The first-order chi connectivity index (χ1) is 20.2. The van der Waals surface area contributed by atoms with Crippen LogP contribution in [-0.4, -0.2) is 49.4 Å². The number of benzene rings is 3. The minimum absolute atomic E-state index is 0.00900. The molecule has 1 aliphatic rings. The third kappa shape index (κ3) is 7.06. The maximum atomic E-state index is 6.60. The second-order valence-electron chi connectivity index (χ2n) is 9.70. The van der Waals surface area contributed by atoms with Gasteiger partial charge in [-0.25, -0.2) is 4.98 Å². The van der Waals surface area contributed by atoms with Crippen LogP contribution in [-0.2, 0) is 34.0 Å². The third-order valence-corrected chi connectivity index (χ3v) is 8.49. The monoisotopic (exact) mass is 587 g/mol. The number of imidazole rings is 1. The molecule has 1 aliphatic heterocycles. The van der Waals surface area contributed by atoms with Gasteiger partial charge in [0, 0.05) is 0 Å². The van der Waals surface area contributed by atoms with Crippen molar-refractivity contribution in [3.63, 3.8) is 0 Å². The molecular weight excluding hydrogens is 558 g/mol. The van der Waals surface area contributed by atoms with Crippen molar-refractivity contribution in [2.75, 3.05) is 11.9 Å². The average molecular weight is 588 g/mol. The minimum atomic E-state index is -0.327. The van der Waals surface area contributed by atoms with E-state index in [9.17, 15) is 0 Å². The fourth-order valence-electron chi connectivity index (χ4n) is 4.75. The summed E-state index contributed by atoms with van der Waals surface area (Å²) in [6.45, 7) is 1.90. The average Bonchev–Trinajstić information content (AvgIpc) is 3.61. The Balaban J connectivity index is 1.24. The van der Waals surface area contributed by atoms with Gasteiger partial charge in [0.25, 0.3) is 0 Å². The number of rotatable bonds is 12. The Labute approximate surface area is 247 Å². The molecule has 41 heavy (non-hydrogen) atoms. The summed E-state index contributed by atoms with van der Waals surface area (Å²) in [7, 11) is 0. The summed E-state index contributed by atoms with van der Waals surface area (Å²) in [5, 5.41) is 3.53. The quantitative estimate of drug-likeness (QED) is 0.166. The van der Waals surface area contributed by atoms with Gasteiger partial charge in [0.2, 0.25) is 5.95 Å². The van der Waals surface area contributed by atoms with Gasteiger partial charge in [-0.15, -0.1) is 11.8 Å². The fraction of sp³-hybridized carbons (Fsp3) is 0.258. The van der Waals surface area contributed by atoms with Gasteiger partial charge in [-0.1, -0.05) is 103 Å². The van der Waals surface area contributed by atoms with Crippen LogP contribution in [0.1, 0.15) is 16.7 Å². The highest BCUT2D eigenvalue weighted by Crippen LogP contribution is 2.39. The van der Waals surface area contributed by atoms with E-state index in [0.717, 1.165) is 16.7 Å². The zero-order valence-corrected chi connectivity index (χ0v) is 23.8. The molecule has 8 nitrogen and oxygen atoms in total. The number of aromatic amines is 1. The van der Waals surface area contributed by atoms with Gasteiger partial charge in [-0.3, -0.25) is 0 Å². The smallest absolute Gasteiger partial charge is 0.227 e. The summed E-state index contributed by atoms with van der Waals surface area (Å²) in [5.41, 5.74) is 4.40. The molecular formula is C31H30ClN5O3S. The summed E-state index contributed by atoms with van der Waals surface area (Å²) in [6.07, 6.45) is 0.965. The fourth-order valence-corrected chi connectivity index (χ4v) is 6.47. The van der Waals surface area contributed by atoms with Crippen LogP contribution in [0.3, 0.4) is 0 Å². The van der Waals surface area contributed by atoms with Crippen LogP contribution in [0.25, 0.3) is 11.2 Å². The summed E-state index contributed by atoms with van der Waals surface area (Å²) < 4.78 is 19.4. The summed E-state index contributed by atoms with van der Waals surface area (Å²) in [4.78, 5) is 16.3. The molecule has 0 spiro atoms. The molecule has 2 N–H and O–H groups in total. The zero-order chi connectivity index (χ0) is 27.9. The van der Waals surface area contributed by atoms with E-state index in [0.29, 0.717) is 48.7 Å². The van der Waals surface area contributed by atoms with E-state index in [1.165, 1.54) is 0 Å². The van der Waals surface area contributed by atoms with Gasteiger partial charge in [-0.05, 0) is 16.7 Å². The molecule has 0 saturated carbocycles. The molecule has 1 unspecified atom stereocenters. The van der Waals surface area contributed by atoms with Crippen LogP contribution >= 0.6 is 23.4 Å². The lowest BCUT2D eigenvalue weighted by molar-refractivity contribution is -0.0835. The van der Waals surface area contributed by atoms with Crippen LogP contribution in [0, 0.1) is 0 Å². The van der Waals surface area contributed by atoms with Crippen molar-refractivity contribution in [3.05, 3.63) is 119 Å². The van der Waals surface area contributed by atoms with Gasteiger partial charge in [0.15, 0.2) is 10.8 Å². The third-order valence-electron chi connectivity index (χ3n) is 6.79. The largest absolute Gasteiger partial charge is 0.376 e. The number of fused-ring (bicyclic) bond motifs is 1. The SMILES string of the molecule is Clc1nc(NC2S[C@H](COCc3ccccc3)[C@@H](OCc3ccccc3)[C@@H]2OCc2ccccc2)nc2nc[nH]c12. The van der Waals surface area contributed by atoms with Gasteiger partial charge < -0.3 is 24.5 Å². The number of halogens is 1. The predicted octanol–water partition coefficient (Wildman–Crippen LogP) is 6.25. The lowest BCUT2D eigenvalue weighted by Gasteiger charge is -2.27. The molecule has 0 amide bonds. The first kappa shape index (κ1) is 27.7. The molecule has 4 atom stereocenters. The van der Waals surface area contributed by atoms with E-state index in [-0.39, 0.29) is 22.8 Å². The Morgan fingerprint density at radius 2 is 1.34 bits per heavy atom. The van der Waals surface area contributed by atoms with E-state index in [4.69, 9.17) is 25.8 Å². The molecule has 0 aliphatic carbocycles. The van der Waals surface area contributed by atoms with E-state index in [2.05, 4.69) is 61.7 Å². The normalized spacial score (nSPS) is 20.4. The van der Waals surface area contributed by atoms with Crippen molar-refractivity contribution in [1.82, 2.24) is 19.9 Å². The van der Waals surface area contributed by atoms with E-state index in [1.54, 1.807) is 18.1 Å². The Morgan fingerprint density at radius 1 is 0.756 bits per heavy atom. The van der Waals surface area contributed by atoms with Crippen LogP contribution in [0.4, 0.5) is 5.95 Å². The Bertz CT molecular complexity index is 1530. The highest BCUT2D eigenvalue weighted by molar-refractivity contribution is 8.01. The Morgan fingerprint density at radius 3 is 1.98 bits per heavy atom. The van der Waals surface area contributed by atoms with Gasteiger partial charge >= 0.3 is 0 Å². The molecule has 10 heteroatoms. The number of nitrogens with one attached hydrogen (secondary N) is 2. The number of nitrogens with zero attached hydrogens (tertiary/aromatic N) is 3. The van der Waals surface area contributed by atoms with Crippen molar-refractivity contribution >= 4 is 40.5 Å². The number of hydrogen-bond donors (Lipinski definition) is 2. The standard InChI is InChI=1S/C31H30ClN5O3S/c32-28-25-29(34-20-33-25)36-31(35-28)37-30-27(40-18-23-14-8-3-9-15-23)26(39-17-22-12-6-2-7-13-22)24(41-30)19-38-16-21-10-4-1-5-11-21/h1-15,20,24,26-27,30H,16-19H2,(H2,33,34,35,36,37)/t24-,26-,27+,30?/m1/s1. The summed E-state index contributed by atoms with van der Waals surface area (Å²) in [6, 6.07) is 30.5. The summed E-state index contributed by atoms with van der Waals surface area (Å²) in [5.74, 6) is 0.382. The molecule has 1 saturated heterocycles. The number of thioether (sulfide) groups is 1. The number of H-pyrrole nitrogens is 1. The highest BCUT2D eigenvalue weighted by Gasteiger charge is 2.46. The molecule has 3 heterocycles. The maximum Gasteiger partial charge on any atom is 0.227 e. The molecule has 5 aromatic rings. The Hall–Kier alpha value is -3.47. The van der Waals surface area contributed by atoms with Crippen molar-refractivity contribution < 1.29 is 14.2 Å². The molecule has 2 aromatic heterocycles. The highest BCUT2D eigenvalue weighted by atomic mass is 35.5. The second kappa shape index (κ2) is 13.5. The first-order valence-electron chi connectivity index (χ1n) is 13.4. The maximum absolute atomic E-state index is 6.60. The van der Waals surface area contributed by atoms with Crippen LogP contribution in [0.2, 0.25) is 5.15 Å². The topological polar surface area (TPSA) is 94.2 Å². The molecule has 210 valence electrons. The number of anilines is 1. The van der Waals surface area contributed by atoms with Gasteiger partial charge in [-0.2, -0.15) is 9.97 Å². The van der Waals surface area contributed by atoms with Crippen molar-refractivity contribution in [3.8, 4) is 0 Å². The van der Waals surface area contributed by atoms with Crippen molar-refractivity contribution in [2.24, 2.45) is 0 Å². The van der Waals surface area contributed by atoms with E-state index < -0.39 is 0 Å². The van der Waals surface area contributed by atoms with Gasteiger partial charge in [0.1, 0.15) is 23.1 Å². The van der Waals surface area contributed by atoms with Gasteiger partial charge in [0.05, 0.1) is 38.0 Å². The molecule has 0 bridgehead atoms. The molecule has 1 fully saturated rings. The molecule has 6 rings (SSSR count). The lowest BCUT2D eigenvalue weighted by atomic mass is 10.1. The second-order valence-corrected chi connectivity index (χ2v) is 11.4. The number of aromatic nitrogens is 4. The van der Waals surface area contributed by atoms with Crippen LogP contribution in [0.15, 0.2) is 97.3 Å². The molecule has 0 radical (unpaired) electrons. The van der Waals surface area contributed by atoms with E-state index in [1.807, 2.05) is 54.6 Å². The van der Waals surface area contributed by atoms with Crippen molar-refractivity contribution in [2.45, 2.75) is 42.7 Å². The van der Waals surface area contributed by atoms with E-state index >= 15 is 0 Å². The summed E-state index contributed by atoms with van der Waals surface area (Å²) >= 11 is 8.13. The van der Waals surface area contributed by atoms with Crippen LogP contribution in [0.5, 0.6) is 0 Å². The van der Waals surface area contributed by atoms with Crippen molar-refractivity contribution in [1.29, 1.82) is 0 Å².